The highest BCUT2D eigenvalue weighted by Gasteiger charge is 2.43. The van der Waals surface area contributed by atoms with Gasteiger partial charge in [-0.1, -0.05) is 0 Å². The van der Waals surface area contributed by atoms with Gasteiger partial charge in [0.15, 0.2) is 0 Å². The van der Waals surface area contributed by atoms with Crippen LogP contribution in [0.15, 0.2) is 23.1 Å². The second-order valence-electron chi connectivity index (χ2n) is 6.07. The summed E-state index contributed by atoms with van der Waals surface area (Å²) >= 11 is 0. The Morgan fingerprint density at radius 1 is 1.39 bits per heavy atom. The number of hydrogen-bond acceptors (Lipinski definition) is 5. The predicted octanol–water partition coefficient (Wildman–Crippen LogP) is 0.331. The van der Waals surface area contributed by atoms with Crippen molar-refractivity contribution in [2.45, 2.75) is 37.2 Å². The van der Waals surface area contributed by atoms with Crippen LogP contribution in [-0.2, 0) is 10.0 Å². The van der Waals surface area contributed by atoms with Gasteiger partial charge >= 0.3 is 0 Å². The fraction of sp³-hybridized carbons (Fsp3) is 0.467. The molecule has 124 valence electrons. The Bertz CT molecular complexity index is 767. The fourth-order valence-corrected chi connectivity index (χ4v) is 4.74. The lowest BCUT2D eigenvalue weighted by Crippen LogP contribution is -2.36. The van der Waals surface area contributed by atoms with Crippen LogP contribution in [0.5, 0.6) is 0 Å². The van der Waals surface area contributed by atoms with E-state index in [2.05, 4.69) is 10.6 Å². The molecule has 1 aromatic rings. The third-order valence-corrected chi connectivity index (χ3v) is 6.07. The van der Waals surface area contributed by atoms with E-state index in [0.29, 0.717) is 6.54 Å². The summed E-state index contributed by atoms with van der Waals surface area (Å²) in [6.45, 7) is 4.83. The summed E-state index contributed by atoms with van der Waals surface area (Å²) in [7, 11) is -3.89. The van der Waals surface area contributed by atoms with Crippen LogP contribution in [0.3, 0.4) is 0 Å². The van der Waals surface area contributed by atoms with Crippen molar-refractivity contribution in [2.24, 2.45) is 0 Å². The standard InChI is InChI=1S/C15H19N3O4S/c1-9(2)18-15(20)12-4-3-10(7-13(12)23(18,21)22)14(19)17-11-5-6-16-8-11/h3-4,7,9,11,16H,5-6,8H2,1-2H3,(H,17,19). The van der Waals surface area contributed by atoms with Crippen molar-refractivity contribution >= 4 is 21.8 Å². The Kier molecular flexibility index (Phi) is 3.89. The average molecular weight is 337 g/mol. The van der Waals surface area contributed by atoms with Crippen molar-refractivity contribution in [3.05, 3.63) is 29.3 Å². The number of benzene rings is 1. The second kappa shape index (κ2) is 5.61. The molecule has 0 saturated carbocycles. The van der Waals surface area contributed by atoms with E-state index in [9.17, 15) is 18.0 Å². The maximum Gasteiger partial charge on any atom is 0.269 e. The van der Waals surface area contributed by atoms with Crippen LogP contribution in [0.2, 0.25) is 0 Å². The monoisotopic (exact) mass is 337 g/mol. The van der Waals surface area contributed by atoms with Gasteiger partial charge in [0.2, 0.25) is 0 Å². The molecule has 3 rings (SSSR count). The largest absolute Gasteiger partial charge is 0.348 e. The molecule has 2 amide bonds. The Morgan fingerprint density at radius 3 is 2.74 bits per heavy atom. The Labute approximate surface area is 135 Å². The molecule has 0 aromatic heterocycles. The molecule has 0 spiro atoms. The minimum atomic E-state index is -3.89. The SMILES string of the molecule is CC(C)N1C(=O)c2ccc(C(=O)NC3CCNC3)cc2S1(=O)=O. The fourth-order valence-electron chi connectivity index (χ4n) is 2.95. The zero-order chi connectivity index (χ0) is 16.8. The van der Waals surface area contributed by atoms with Crippen molar-refractivity contribution < 1.29 is 18.0 Å². The third kappa shape index (κ3) is 2.61. The Balaban J connectivity index is 1.93. The lowest BCUT2D eigenvalue weighted by atomic mass is 10.1. The molecule has 2 aliphatic heterocycles. The van der Waals surface area contributed by atoms with E-state index in [0.717, 1.165) is 17.3 Å². The first-order valence-corrected chi connectivity index (χ1v) is 9.01. The maximum absolute atomic E-state index is 12.5. The highest BCUT2D eigenvalue weighted by Crippen LogP contribution is 2.32. The number of nitrogens with one attached hydrogen (secondary N) is 2. The third-order valence-electron chi connectivity index (χ3n) is 4.08. The van der Waals surface area contributed by atoms with Crippen molar-refractivity contribution in [3.63, 3.8) is 0 Å². The smallest absolute Gasteiger partial charge is 0.269 e. The molecular weight excluding hydrogens is 318 g/mol. The lowest BCUT2D eigenvalue weighted by molar-refractivity contribution is 0.0845. The van der Waals surface area contributed by atoms with Crippen LogP contribution in [0.4, 0.5) is 0 Å². The molecular formula is C15H19N3O4S. The first kappa shape index (κ1) is 15.9. The van der Waals surface area contributed by atoms with E-state index in [4.69, 9.17) is 0 Å². The molecule has 2 N–H and O–H groups in total. The summed E-state index contributed by atoms with van der Waals surface area (Å²) < 4.78 is 25.9. The molecule has 1 saturated heterocycles. The van der Waals surface area contributed by atoms with Gasteiger partial charge in [0.25, 0.3) is 21.8 Å². The van der Waals surface area contributed by atoms with Crippen LogP contribution < -0.4 is 10.6 Å². The van der Waals surface area contributed by atoms with Crippen molar-refractivity contribution in [2.75, 3.05) is 13.1 Å². The van der Waals surface area contributed by atoms with Gasteiger partial charge in [0, 0.05) is 24.2 Å². The zero-order valence-corrected chi connectivity index (χ0v) is 13.8. The summed E-state index contributed by atoms with van der Waals surface area (Å²) in [4.78, 5) is 24.4. The van der Waals surface area contributed by atoms with Crippen LogP contribution >= 0.6 is 0 Å². The first-order chi connectivity index (χ1) is 10.8. The minimum Gasteiger partial charge on any atom is -0.348 e. The molecule has 2 aliphatic rings. The van der Waals surface area contributed by atoms with Gasteiger partial charge in [-0.15, -0.1) is 0 Å². The van der Waals surface area contributed by atoms with E-state index in [1.165, 1.54) is 18.2 Å². The number of rotatable bonds is 3. The van der Waals surface area contributed by atoms with E-state index >= 15 is 0 Å². The van der Waals surface area contributed by atoms with Gasteiger partial charge in [0.1, 0.15) is 4.90 Å². The molecule has 1 unspecified atom stereocenters. The van der Waals surface area contributed by atoms with E-state index in [-0.39, 0.29) is 28.0 Å². The maximum atomic E-state index is 12.5. The number of carbonyl (C=O) groups is 2. The van der Waals surface area contributed by atoms with Gasteiger partial charge in [-0.25, -0.2) is 12.7 Å². The van der Waals surface area contributed by atoms with Gasteiger partial charge in [0.05, 0.1) is 5.56 Å². The van der Waals surface area contributed by atoms with Crippen molar-refractivity contribution in [1.82, 2.24) is 14.9 Å². The molecule has 7 nitrogen and oxygen atoms in total. The lowest BCUT2D eigenvalue weighted by Gasteiger charge is -2.18. The van der Waals surface area contributed by atoms with Gasteiger partial charge in [-0.2, -0.15) is 0 Å². The van der Waals surface area contributed by atoms with Crippen molar-refractivity contribution in [3.8, 4) is 0 Å². The Hall–Kier alpha value is -1.93. The van der Waals surface area contributed by atoms with Crippen LogP contribution in [0, 0.1) is 0 Å². The number of carbonyl (C=O) groups excluding carboxylic acids is 2. The molecule has 8 heteroatoms. The summed E-state index contributed by atoms with van der Waals surface area (Å²) in [5.41, 5.74) is 0.371. The van der Waals surface area contributed by atoms with E-state index in [1.54, 1.807) is 13.8 Å². The zero-order valence-electron chi connectivity index (χ0n) is 13.0. The Morgan fingerprint density at radius 2 is 2.13 bits per heavy atom. The number of hydrogen-bond donors (Lipinski definition) is 2. The highest BCUT2D eigenvalue weighted by molar-refractivity contribution is 7.90. The summed E-state index contributed by atoms with van der Waals surface area (Å²) in [6, 6.07) is 3.78. The van der Waals surface area contributed by atoms with Gasteiger partial charge in [-0.05, 0) is 45.0 Å². The molecule has 1 atom stereocenters. The quantitative estimate of drug-likeness (QED) is 0.829. The molecule has 1 fully saturated rings. The summed E-state index contributed by atoms with van der Waals surface area (Å²) in [5.74, 6) is -0.867. The number of fused-ring (bicyclic) bond motifs is 1. The van der Waals surface area contributed by atoms with Crippen LogP contribution in [-0.4, -0.2) is 49.7 Å². The predicted molar refractivity (Wildman–Crippen MR) is 83.7 cm³/mol. The molecule has 0 aliphatic carbocycles. The van der Waals surface area contributed by atoms with E-state index in [1.807, 2.05) is 0 Å². The van der Waals surface area contributed by atoms with Crippen LogP contribution in [0.1, 0.15) is 41.0 Å². The van der Waals surface area contributed by atoms with Gasteiger partial charge < -0.3 is 10.6 Å². The molecule has 2 heterocycles. The van der Waals surface area contributed by atoms with Crippen LogP contribution in [0.25, 0.3) is 0 Å². The number of nitrogens with zero attached hydrogens (tertiary/aromatic N) is 1. The molecule has 0 radical (unpaired) electrons. The van der Waals surface area contributed by atoms with E-state index < -0.39 is 22.0 Å². The normalized spacial score (nSPS) is 22.5. The molecule has 23 heavy (non-hydrogen) atoms. The number of sulfonamides is 1. The molecule has 0 bridgehead atoms. The summed E-state index contributed by atoms with van der Waals surface area (Å²) in [6.07, 6.45) is 0.842. The number of amides is 2. The summed E-state index contributed by atoms with van der Waals surface area (Å²) in [5, 5.41) is 6.01. The minimum absolute atomic E-state index is 0.0427. The molecule has 1 aromatic carbocycles. The highest BCUT2D eigenvalue weighted by atomic mass is 32.2. The van der Waals surface area contributed by atoms with Crippen molar-refractivity contribution in [1.29, 1.82) is 0 Å². The second-order valence-corrected chi connectivity index (χ2v) is 7.86. The average Bonchev–Trinajstić information content (AvgIpc) is 3.04. The van der Waals surface area contributed by atoms with Gasteiger partial charge in [-0.3, -0.25) is 9.59 Å². The topological polar surface area (TPSA) is 95.6 Å². The first-order valence-electron chi connectivity index (χ1n) is 7.57.